The molecule has 2 aromatic rings. The summed E-state index contributed by atoms with van der Waals surface area (Å²) < 4.78 is 18.9. The lowest BCUT2D eigenvalue weighted by Crippen LogP contribution is -2.31. The Kier molecular flexibility index (Phi) is 8.21. The van der Waals surface area contributed by atoms with E-state index in [0.29, 0.717) is 4.90 Å². The fourth-order valence-corrected chi connectivity index (χ4v) is 3.19. The van der Waals surface area contributed by atoms with Gasteiger partial charge in [-0.2, -0.15) is 0 Å². The lowest BCUT2D eigenvalue weighted by molar-refractivity contribution is -0.123. The number of thioether (sulfide) groups is 1. The molecule has 2 N–H and O–H groups in total. The number of rotatable bonds is 8. The van der Waals surface area contributed by atoms with E-state index in [2.05, 4.69) is 10.6 Å². The maximum Gasteiger partial charge on any atom is 0.340 e. The summed E-state index contributed by atoms with van der Waals surface area (Å²) in [5.74, 6) is -1.93. The van der Waals surface area contributed by atoms with Gasteiger partial charge in [0.05, 0.1) is 17.0 Å². The summed E-state index contributed by atoms with van der Waals surface area (Å²) in [5, 5.41) is 5.17. The first kappa shape index (κ1) is 22.4. The number of para-hydroxylation sites is 1. The highest BCUT2D eigenvalue weighted by Crippen LogP contribution is 2.24. The molecule has 0 bridgehead atoms. The highest BCUT2D eigenvalue weighted by Gasteiger charge is 2.22. The minimum Gasteiger partial charge on any atom is -0.449 e. The number of anilines is 1. The second-order valence-corrected chi connectivity index (χ2v) is 7.54. The van der Waals surface area contributed by atoms with E-state index in [1.807, 2.05) is 13.8 Å². The average molecular weight is 418 g/mol. The molecule has 0 fully saturated rings. The summed E-state index contributed by atoms with van der Waals surface area (Å²) in [4.78, 5) is 37.2. The molecule has 0 heterocycles. The third-order valence-electron chi connectivity index (χ3n) is 3.70. The van der Waals surface area contributed by atoms with Crippen molar-refractivity contribution in [3.05, 3.63) is 59.9 Å². The van der Waals surface area contributed by atoms with Crippen molar-refractivity contribution < 1.29 is 23.5 Å². The normalized spacial score (nSPS) is 11.6. The third kappa shape index (κ3) is 6.90. The molecule has 2 rings (SSSR count). The summed E-state index contributed by atoms with van der Waals surface area (Å²) in [6.45, 7) is 5.13. The number of ether oxygens (including phenoxy) is 1. The summed E-state index contributed by atoms with van der Waals surface area (Å²) in [5.41, 5.74) is 0.257. The van der Waals surface area contributed by atoms with Gasteiger partial charge in [0.2, 0.25) is 5.91 Å². The van der Waals surface area contributed by atoms with Crippen LogP contribution in [-0.2, 0) is 14.3 Å². The lowest BCUT2D eigenvalue weighted by atomic mass is 10.2. The van der Waals surface area contributed by atoms with Gasteiger partial charge in [-0.25, -0.2) is 9.18 Å². The summed E-state index contributed by atoms with van der Waals surface area (Å²) in [6, 6.07) is 12.4. The number of esters is 1. The first-order chi connectivity index (χ1) is 13.8. The SMILES string of the molecule is CC(C)NC(=O)CSc1ccccc1C(=O)O[C@@H](C)C(=O)Nc1ccccc1F. The minimum absolute atomic E-state index is 0.00696. The molecule has 6 nitrogen and oxygen atoms in total. The average Bonchev–Trinajstić information content (AvgIpc) is 2.67. The number of nitrogens with one attached hydrogen (secondary N) is 2. The molecule has 0 saturated carbocycles. The van der Waals surface area contributed by atoms with E-state index in [0.717, 1.165) is 0 Å². The standard InChI is InChI=1S/C21H23FN2O4S/c1-13(2)23-19(25)12-29-18-11-7-4-8-15(18)21(27)28-14(3)20(26)24-17-10-6-5-9-16(17)22/h4-11,13-14H,12H2,1-3H3,(H,23,25)(H,24,26)/t14-/m0/s1. The Hall–Kier alpha value is -2.87. The molecule has 0 unspecified atom stereocenters. The third-order valence-corrected chi connectivity index (χ3v) is 4.77. The maximum absolute atomic E-state index is 13.7. The van der Waals surface area contributed by atoms with Gasteiger partial charge in [0.15, 0.2) is 6.10 Å². The van der Waals surface area contributed by atoms with Crippen molar-refractivity contribution >= 4 is 35.2 Å². The number of hydrogen-bond donors (Lipinski definition) is 2. The van der Waals surface area contributed by atoms with Crippen molar-refractivity contribution in [3.8, 4) is 0 Å². The predicted molar refractivity (Wildman–Crippen MR) is 110 cm³/mol. The fraction of sp³-hybridized carbons (Fsp3) is 0.286. The molecule has 0 saturated heterocycles. The number of hydrogen-bond acceptors (Lipinski definition) is 5. The fourth-order valence-electron chi connectivity index (χ4n) is 2.34. The van der Waals surface area contributed by atoms with E-state index in [1.165, 1.54) is 36.9 Å². The Morgan fingerprint density at radius 2 is 1.69 bits per heavy atom. The van der Waals surface area contributed by atoms with Crippen LogP contribution < -0.4 is 10.6 Å². The molecule has 154 valence electrons. The largest absolute Gasteiger partial charge is 0.449 e. The lowest BCUT2D eigenvalue weighted by Gasteiger charge is -2.15. The van der Waals surface area contributed by atoms with Crippen molar-refractivity contribution in [1.82, 2.24) is 5.32 Å². The predicted octanol–water partition coefficient (Wildman–Crippen LogP) is 3.63. The van der Waals surface area contributed by atoms with Gasteiger partial charge < -0.3 is 15.4 Å². The molecule has 8 heteroatoms. The van der Waals surface area contributed by atoms with E-state index in [9.17, 15) is 18.8 Å². The van der Waals surface area contributed by atoms with Crippen molar-refractivity contribution in [2.45, 2.75) is 37.8 Å². The highest BCUT2D eigenvalue weighted by atomic mass is 32.2. The molecule has 29 heavy (non-hydrogen) atoms. The van der Waals surface area contributed by atoms with E-state index in [-0.39, 0.29) is 29.0 Å². The molecule has 0 aromatic heterocycles. The molecule has 2 amide bonds. The Morgan fingerprint density at radius 3 is 2.38 bits per heavy atom. The Morgan fingerprint density at radius 1 is 1.03 bits per heavy atom. The zero-order valence-electron chi connectivity index (χ0n) is 16.4. The molecule has 0 aliphatic heterocycles. The van der Waals surface area contributed by atoms with Gasteiger partial charge in [-0.1, -0.05) is 24.3 Å². The monoisotopic (exact) mass is 418 g/mol. The van der Waals surface area contributed by atoms with Gasteiger partial charge >= 0.3 is 5.97 Å². The zero-order valence-corrected chi connectivity index (χ0v) is 17.2. The summed E-state index contributed by atoms with van der Waals surface area (Å²) in [7, 11) is 0. The Labute approximate surface area is 173 Å². The second kappa shape index (κ2) is 10.6. The molecule has 0 spiro atoms. The van der Waals surface area contributed by atoms with Gasteiger partial charge in [0.25, 0.3) is 5.91 Å². The van der Waals surface area contributed by atoms with Crippen LogP contribution in [0.4, 0.5) is 10.1 Å². The first-order valence-corrected chi connectivity index (χ1v) is 10.0. The first-order valence-electron chi connectivity index (χ1n) is 9.05. The van der Waals surface area contributed by atoms with Crippen LogP contribution in [0.1, 0.15) is 31.1 Å². The van der Waals surface area contributed by atoms with Crippen LogP contribution in [0, 0.1) is 5.82 Å². The van der Waals surface area contributed by atoms with Crippen LogP contribution in [0.5, 0.6) is 0 Å². The van der Waals surface area contributed by atoms with Crippen molar-refractivity contribution in [2.75, 3.05) is 11.1 Å². The topological polar surface area (TPSA) is 84.5 Å². The smallest absolute Gasteiger partial charge is 0.340 e. The molecule has 2 aromatic carbocycles. The van der Waals surface area contributed by atoms with Gasteiger partial charge in [-0.3, -0.25) is 9.59 Å². The summed E-state index contributed by atoms with van der Waals surface area (Å²) >= 11 is 1.20. The van der Waals surface area contributed by atoms with E-state index in [4.69, 9.17) is 4.74 Å². The molecule has 1 atom stereocenters. The number of halogens is 1. The summed E-state index contributed by atoms with van der Waals surface area (Å²) in [6.07, 6.45) is -1.13. The molecule has 0 aliphatic carbocycles. The van der Waals surface area contributed by atoms with Gasteiger partial charge in [0, 0.05) is 10.9 Å². The highest BCUT2D eigenvalue weighted by molar-refractivity contribution is 8.00. The second-order valence-electron chi connectivity index (χ2n) is 6.52. The van der Waals surface area contributed by atoms with Crippen molar-refractivity contribution in [3.63, 3.8) is 0 Å². The van der Waals surface area contributed by atoms with E-state index >= 15 is 0 Å². The maximum atomic E-state index is 13.7. The van der Waals surface area contributed by atoms with E-state index in [1.54, 1.807) is 30.3 Å². The zero-order chi connectivity index (χ0) is 21.4. The van der Waals surface area contributed by atoms with Crippen molar-refractivity contribution in [1.29, 1.82) is 0 Å². The van der Waals surface area contributed by atoms with Crippen LogP contribution in [0.15, 0.2) is 53.4 Å². The van der Waals surface area contributed by atoms with Crippen LogP contribution >= 0.6 is 11.8 Å². The van der Waals surface area contributed by atoms with Crippen LogP contribution in [0.25, 0.3) is 0 Å². The minimum atomic E-state index is -1.13. The Balaban J connectivity index is 2.00. The van der Waals surface area contributed by atoms with Crippen molar-refractivity contribution in [2.24, 2.45) is 0 Å². The molecular formula is C21H23FN2O4S. The quantitative estimate of drug-likeness (QED) is 0.505. The van der Waals surface area contributed by atoms with Gasteiger partial charge in [-0.05, 0) is 45.0 Å². The van der Waals surface area contributed by atoms with Crippen LogP contribution in [0.3, 0.4) is 0 Å². The van der Waals surface area contributed by atoms with E-state index < -0.39 is 23.8 Å². The number of amides is 2. The number of carbonyl (C=O) groups is 3. The molecular weight excluding hydrogens is 395 g/mol. The van der Waals surface area contributed by atoms with Crippen LogP contribution in [0.2, 0.25) is 0 Å². The number of benzene rings is 2. The molecule has 0 aliphatic rings. The molecule has 0 radical (unpaired) electrons. The van der Waals surface area contributed by atoms with Crippen LogP contribution in [-0.4, -0.2) is 35.7 Å². The Bertz CT molecular complexity index is 888. The van der Waals surface area contributed by atoms with Gasteiger partial charge in [-0.15, -0.1) is 11.8 Å². The van der Waals surface area contributed by atoms with Gasteiger partial charge in [0.1, 0.15) is 5.82 Å². The number of carbonyl (C=O) groups excluding carboxylic acids is 3.